The van der Waals surface area contributed by atoms with Gasteiger partial charge in [0, 0.05) is 30.6 Å². The highest BCUT2D eigenvalue weighted by Crippen LogP contribution is 2.45. The molecule has 0 aliphatic rings. The molecule has 1 aromatic carbocycles. The van der Waals surface area contributed by atoms with E-state index in [-0.39, 0.29) is 18.0 Å². The number of aryl methyl sites for hydroxylation is 1. The van der Waals surface area contributed by atoms with Crippen LogP contribution in [0.15, 0.2) is 17.1 Å². The molecule has 0 aromatic heterocycles. The van der Waals surface area contributed by atoms with Crippen molar-refractivity contribution in [3.05, 3.63) is 23.3 Å². The molecular weight excluding hydrogens is 437 g/mol. The lowest BCUT2D eigenvalue weighted by Crippen LogP contribution is -2.47. The number of aliphatic hydroxyl groups is 1. The van der Waals surface area contributed by atoms with E-state index in [1.165, 1.54) is 19.2 Å². The van der Waals surface area contributed by atoms with Crippen LogP contribution in [-0.2, 0) is 15.1 Å². The Morgan fingerprint density at radius 1 is 1.06 bits per heavy atom. The van der Waals surface area contributed by atoms with Crippen molar-refractivity contribution < 1.29 is 32.5 Å². The Kier molecular flexibility index (Phi) is 9.78. The van der Waals surface area contributed by atoms with E-state index in [0.717, 1.165) is 6.54 Å². The summed E-state index contributed by atoms with van der Waals surface area (Å²) < 4.78 is 58.7. The van der Waals surface area contributed by atoms with Crippen molar-refractivity contribution >= 4 is 12.0 Å². The highest BCUT2D eigenvalue weighted by Gasteiger charge is 2.57. The van der Waals surface area contributed by atoms with E-state index in [9.17, 15) is 18.3 Å². The number of benzene rings is 1. The largest absolute Gasteiger partial charge is 0.496 e. The number of methoxy groups -OCH3 is 1. The molecule has 0 saturated heterocycles. The quantitative estimate of drug-likeness (QED) is 0.350. The predicted octanol–water partition coefficient (Wildman–Crippen LogP) is 5.22. The van der Waals surface area contributed by atoms with Crippen LogP contribution in [0.5, 0.6) is 5.75 Å². The zero-order valence-corrected chi connectivity index (χ0v) is 21.3. The number of hydrogen-bond acceptors (Lipinski definition) is 5. The summed E-state index contributed by atoms with van der Waals surface area (Å²) in [6, 6.07) is 2.64. The third kappa shape index (κ3) is 8.46. The van der Waals surface area contributed by atoms with Crippen molar-refractivity contribution in [2.75, 3.05) is 40.5 Å². The zero-order valence-electron chi connectivity index (χ0n) is 21.3. The maximum absolute atomic E-state index is 14.1. The fourth-order valence-electron chi connectivity index (χ4n) is 2.79. The Labute approximate surface area is 195 Å². The zero-order chi connectivity index (χ0) is 25.7. The maximum Gasteiger partial charge on any atom is 0.423 e. The van der Waals surface area contributed by atoms with Crippen molar-refractivity contribution in [2.45, 2.75) is 65.8 Å². The average Bonchev–Trinajstić information content (AvgIpc) is 2.69. The Hall–Kier alpha value is -1.84. The van der Waals surface area contributed by atoms with Crippen molar-refractivity contribution in [1.82, 2.24) is 4.90 Å². The molecule has 33 heavy (non-hydrogen) atoms. The van der Waals surface area contributed by atoms with Crippen LogP contribution >= 0.6 is 0 Å². The number of alkyl halides is 3. The number of halogens is 3. The lowest BCUT2D eigenvalue weighted by molar-refractivity contribution is -0.284. The van der Waals surface area contributed by atoms with Crippen LogP contribution in [0, 0.1) is 12.3 Å². The number of nitrogens with zero attached hydrogens (tertiary/aromatic N) is 2. The summed E-state index contributed by atoms with van der Waals surface area (Å²) in [7, 11) is 3.09. The lowest BCUT2D eigenvalue weighted by Gasteiger charge is -2.34. The number of ether oxygens (including phenoxy) is 3. The molecule has 1 atom stereocenters. The molecule has 0 saturated carbocycles. The fraction of sp³-hybridized carbons (Fsp3) is 0.708. The van der Waals surface area contributed by atoms with Gasteiger partial charge in [0.05, 0.1) is 44.6 Å². The summed E-state index contributed by atoms with van der Waals surface area (Å²) in [6.07, 6.45) is -3.41. The van der Waals surface area contributed by atoms with Crippen LogP contribution in [0.1, 0.15) is 52.7 Å². The molecule has 0 fully saturated rings. The summed E-state index contributed by atoms with van der Waals surface area (Å²) >= 11 is 0. The predicted molar refractivity (Wildman–Crippen MR) is 124 cm³/mol. The molecule has 0 aliphatic heterocycles. The molecule has 1 rings (SSSR count). The topological polar surface area (TPSA) is 63.5 Å². The average molecular weight is 477 g/mol. The SMILES string of the molecule is CCN(C)/C=N\c1cc(OC)c(C(O)(COCC(C)(C)COC(C)(C)C)C(F)(F)F)cc1C. The minimum absolute atomic E-state index is 0.0332. The first kappa shape index (κ1) is 29.2. The van der Waals surface area contributed by atoms with Gasteiger partial charge in [0.1, 0.15) is 5.75 Å². The summed E-state index contributed by atoms with van der Waals surface area (Å²) in [6.45, 7) is 12.9. The van der Waals surface area contributed by atoms with Gasteiger partial charge in [-0.3, -0.25) is 0 Å². The van der Waals surface area contributed by atoms with Crippen LogP contribution in [0.25, 0.3) is 0 Å². The Balaban J connectivity index is 3.21. The van der Waals surface area contributed by atoms with Gasteiger partial charge in [0.2, 0.25) is 5.60 Å². The van der Waals surface area contributed by atoms with Gasteiger partial charge in [-0.2, -0.15) is 13.2 Å². The summed E-state index contributed by atoms with van der Waals surface area (Å²) in [4.78, 5) is 6.14. The molecule has 0 bridgehead atoms. The summed E-state index contributed by atoms with van der Waals surface area (Å²) in [5.74, 6) is -0.120. The molecule has 0 aliphatic carbocycles. The van der Waals surface area contributed by atoms with Gasteiger partial charge in [-0.1, -0.05) is 13.8 Å². The smallest absolute Gasteiger partial charge is 0.423 e. The molecule has 1 N–H and O–H groups in total. The number of aliphatic imine (C=N–C) groups is 1. The van der Waals surface area contributed by atoms with Gasteiger partial charge in [-0.15, -0.1) is 0 Å². The molecule has 9 heteroatoms. The first-order valence-corrected chi connectivity index (χ1v) is 10.9. The first-order valence-electron chi connectivity index (χ1n) is 10.9. The van der Waals surface area contributed by atoms with Gasteiger partial charge < -0.3 is 24.2 Å². The minimum Gasteiger partial charge on any atom is -0.496 e. The van der Waals surface area contributed by atoms with E-state index < -0.39 is 29.4 Å². The van der Waals surface area contributed by atoms with Gasteiger partial charge in [0.15, 0.2) is 0 Å². The maximum atomic E-state index is 14.1. The van der Waals surface area contributed by atoms with Gasteiger partial charge in [-0.05, 0) is 46.2 Å². The van der Waals surface area contributed by atoms with Crippen molar-refractivity contribution in [2.24, 2.45) is 10.4 Å². The van der Waals surface area contributed by atoms with E-state index >= 15 is 0 Å². The van der Waals surface area contributed by atoms with E-state index in [1.807, 2.05) is 53.5 Å². The monoisotopic (exact) mass is 476 g/mol. The third-order valence-electron chi connectivity index (χ3n) is 5.02. The molecule has 1 aromatic rings. The molecule has 190 valence electrons. The second kappa shape index (κ2) is 11.1. The van der Waals surface area contributed by atoms with Gasteiger partial charge in [0.25, 0.3) is 0 Å². The van der Waals surface area contributed by atoms with E-state index in [4.69, 9.17) is 14.2 Å². The molecular formula is C24H39F3N2O4. The lowest BCUT2D eigenvalue weighted by atomic mass is 9.90. The highest BCUT2D eigenvalue weighted by atomic mass is 19.4. The van der Waals surface area contributed by atoms with Crippen LogP contribution in [0.4, 0.5) is 18.9 Å². The van der Waals surface area contributed by atoms with Crippen LogP contribution in [0.3, 0.4) is 0 Å². The van der Waals surface area contributed by atoms with Gasteiger partial charge in [-0.25, -0.2) is 4.99 Å². The van der Waals surface area contributed by atoms with Crippen molar-refractivity contribution in [3.63, 3.8) is 0 Å². The van der Waals surface area contributed by atoms with Crippen LogP contribution in [0.2, 0.25) is 0 Å². The molecule has 0 radical (unpaired) electrons. The Morgan fingerprint density at radius 2 is 1.67 bits per heavy atom. The second-order valence-corrected chi connectivity index (χ2v) is 10.1. The highest BCUT2D eigenvalue weighted by molar-refractivity contribution is 5.65. The number of rotatable bonds is 11. The van der Waals surface area contributed by atoms with Crippen LogP contribution in [-0.4, -0.2) is 68.6 Å². The molecule has 1 unspecified atom stereocenters. The molecule has 0 amide bonds. The van der Waals surface area contributed by atoms with Gasteiger partial charge >= 0.3 is 6.18 Å². The molecule has 6 nitrogen and oxygen atoms in total. The molecule has 0 spiro atoms. The Bertz CT molecular complexity index is 804. The summed E-state index contributed by atoms with van der Waals surface area (Å²) in [5, 5.41) is 10.9. The standard InChI is InChI=1S/C24H39F3N2O4/c1-10-29(8)16-28-19-12-20(31-9)18(11-17(19)2)23(30,24(25,26)27)15-32-13-22(6,7)14-33-21(3,4)5/h11-12,16,30H,10,13-15H2,1-9H3/b28-16-. The van der Waals surface area contributed by atoms with Crippen molar-refractivity contribution in [3.8, 4) is 5.75 Å². The third-order valence-corrected chi connectivity index (χ3v) is 5.02. The normalized spacial score (nSPS) is 15.1. The van der Waals surface area contributed by atoms with E-state index in [1.54, 1.807) is 13.3 Å². The fourth-order valence-corrected chi connectivity index (χ4v) is 2.79. The minimum atomic E-state index is -4.99. The summed E-state index contributed by atoms with van der Waals surface area (Å²) in [5.41, 5.74) is -3.70. The van der Waals surface area contributed by atoms with Crippen molar-refractivity contribution in [1.29, 1.82) is 0 Å². The Morgan fingerprint density at radius 3 is 2.15 bits per heavy atom. The van der Waals surface area contributed by atoms with E-state index in [0.29, 0.717) is 17.9 Å². The first-order chi connectivity index (χ1) is 15.0. The van der Waals surface area contributed by atoms with Crippen LogP contribution < -0.4 is 4.74 Å². The second-order valence-electron chi connectivity index (χ2n) is 10.1. The molecule has 0 heterocycles. The van der Waals surface area contributed by atoms with E-state index in [2.05, 4.69) is 4.99 Å². The number of hydrogen-bond donors (Lipinski definition) is 1.